The second kappa shape index (κ2) is 8.57. The quantitative estimate of drug-likeness (QED) is 0.384. The van der Waals surface area contributed by atoms with Gasteiger partial charge in [0, 0.05) is 10.4 Å². The van der Waals surface area contributed by atoms with E-state index >= 15 is 0 Å². The normalized spacial score (nSPS) is 16.6. The first-order valence-corrected chi connectivity index (χ1v) is 11.5. The van der Waals surface area contributed by atoms with Gasteiger partial charge in [0.15, 0.2) is 5.16 Å². The summed E-state index contributed by atoms with van der Waals surface area (Å²) >= 11 is 1.86. The van der Waals surface area contributed by atoms with Crippen LogP contribution in [0.2, 0.25) is 0 Å². The number of nitrogens with zero attached hydrogens (tertiary/aromatic N) is 2. The number of imidazole rings is 1. The van der Waals surface area contributed by atoms with Gasteiger partial charge in [-0.3, -0.25) is 0 Å². The topological polar surface area (TPSA) is 29.9 Å². The second-order valence-electron chi connectivity index (χ2n) is 7.84. The zero-order valence-corrected chi connectivity index (χ0v) is 18.9. The lowest BCUT2D eigenvalue weighted by molar-refractivity contribution is 0.466. The van der Waals surface area contributed by atoms with Gasteiger partial charge >= 0.3 is 0 Å². The van der Waals surface area contributed by atoms with Crippen LogP contribution in [-0.2, 0) is 6.54 Å². The number of anilines is 1. The third-order valence-electron chi connectivity index (χ3n) is 5.45. The smallest absolute Gasteiger partial charge is 0.169 e. The van der Waals surface area contributed by atoms with Crippen molar-refractivity contribution in [2.75, 3.05) is 5.32 Å². The number of fused-ring (bicyclic) bond motifs is 2. The standard InChI is InChI=1S/C24H23N3S.C2H6/c1-24(2)22(18-9-4-3-5-10-18)27-21(16-26-23(27)28-24)15-25-20-13-12-17-8-6-7-11-19(17)14-20;1-2/h3-14,16,22,25H,15H2,1-2H3;1-2H3. The van der Waals surface area contributed by atoms with Gasteiger partial charge in [0.1, 0.15) is 0 Å². The zero-order valence-electron chi connectivity index (χ0n) is 18.1. The number of thioether (sulfide) groups is 1. The molecule has 0 radical (unpaired) electrons. The summed E-state index contributed by atoms with van der Waals surface area (Å²) in [5, 5.41) is 7.22. The molecule has 0 spiro atoms. The maximum absolute atomic E-state index is 4.72. The summed E-state index contributed by atoms with van der Waals surface area (Å²) < 4.78 is 2.48. The van der Waals surface area contributed by atoms with Crippen molar-refractivity contribution in [3.05, 3.63) is 90.3 Å². The van der Waals surface area contributed by atoms with Crippen molar-refractivity contribution in [1.29, 1.82) is 0 Å². The van der Waals surface area contributed by atoms with E-state index in [-0.39, 0.29) is 10.8 Å². The second-order valence-corrected chi connectivity index (χ2v) is 9.46. The van der Waals surface area contributed by atoms with Gasteiger partial charge in [0.2, 0.25) is 0 Å². The molecule has 1 unspecified atom stereocenters. The molecule has 1 aromatic heterocycles. The predicted molar refractivity (Wildman–Crippen MR) is 129 cm³/mol. The third-order valence-corrected chi connectivity index (χ3v) is 6.68. The minimum atomic E-state index is 0.0721. The van der Waals surface area contributed by atoms with Gasteiger partial charge in [-0.1, -0.05) is 86.3 Å². The number of nitrogens with one attached hydrogen (secondary N) is 1. The van der Waals surface area contributed by atoms with Crippen LogP contribution in [0.15, 0.2) is 84.1 Å². The largest absolute Gasteiger partial charge is 0.379 e. The molecule has 0 saturated heterocycles. The van der Waals surface area contributed by atoms with Crippen molar-refractivity contribution in [2.24, 2.45) is 0 Å². The van der Waals surface area contributed by atoms with E-state index in [1.165, 1.54) is 22.0 Å². The Bertz CT molecular complexity index is 1130. The molecule has 0 aliphatic carbocycles. The van der Waals surface area contributed by atoms with Gasteiger partial charge in [-0.05, 0) is 42.3 Å². The van der Waals surface area contributed by atoms with Crippen LogP contribution in [0.5, 0.6) is 0 Å². The molecule has 4 heteroatoms. The molecule has 1 aliphatic rings. The Balaban J connectivity index is 0.00000106. The summed E-state index contributed by atoms with van der Waals surface area (Å²) in [5.74, 6) is 0. The van der Waals surface area contributed by atoms with E-state index in [0.717, 1.165) is 17.4 Å². The number of aromatic nitrogens is 2. The molecule has 0 saturated carbocycles. The summed E-state index contributed by atoms with van der Waals surface area (Å²) in [4.78, 5) is 4.72. The average molecular weight is 416 g/mol. The van der Waals surface area contributed by atoms with Gasteiger partial charge in [-0.15, -0.1) is 0 Å². The van der Waals surface area contributed by atoms with Gasteiger partial charge in [-0.2, -0.15) is 0 Å². The maximum atomic E-state index is 4.72. The minimum absolute atomic E-state index is 0.0721. The van der Waals surface area contributed by atoms with Gasteiger partial charge in [0.25, 0.3) is 0 Å². The predicted octanol–water partition coefficient (Wildman–Crippen LogP) is 7.15. The Morgan fingerprint density at radius 2 is 1.63 bits per heavy atom. The summed E-state index contributed by atoms with van der Waals surface area (Å²) in [7, 11) is 0. The van der Waals surface area contributed by atoms with Crippen LogP contribution in [0.3, 0.4) is 0 Å². The van der Waals surface area contributed by atoms with Crippen molar-refractivity contribution < 1.29 is 0 Å². The molecule has 2 heterocycles. The summed E-state index contributed by atoms with van der Waals surface area (Å²) in [6, 6.07) is 26.1. The highest BCUT2D eigenvalue weighted by Crippen LogP contribution is 2.51. The molecule has 4 aromatic rings. The SMILES string of the molecule is CC.CC1(C)Sc2ncc(CNc3ccc4ccccc4c3)n2C1c1ccccc1. The Kier molecular flexibility index (Phi) is 5.87. The Labute approximate surface area is 183 Å². The van der Waals surface area contributed by atoms with E-state index in [1.54, 1.807) is 0 Å². The first-order chi connectivity index (χ1) is 14.6. The molecule has 3 nitrogen and oxygen atoms in total. The molecule has 154 valence electrons. The molecule has 1 atom stereocenters. The molecular formula is C26H29N3S. The number of hydrogen-bond acceptors (Lipinski definition) is 3. The van der Waals surface area contributed by atoms with E-state index in [1.807, 2.05) is 31.8 Å². The van der Waals surface area contributed by atoms with E-state index in [4.69, 9.17) is 4.98 Å². The van der Waals surface area contributed by atoms with Crippen molar-refractivity contribution in [3.63, 3.8) is 0 Å². The fourth-order valence-corrected chi connectivity index (χ4v) is 5.39. The first-order valence-electron chi connectivity index (χ1n) is 10.6. The van der Waals surface area contributed by atoms with E-state index in [2.05, 4.69) is 96.5 Å². The van der Waals surface area contributed by atoms with Gasteiger partial charge < -0.3 is 9.88 Å². The van der Waals surface area contributed by atoms with Crippen LogP contribution < -0.4 is 5.32 Å². The van der Waals surface area contributed by atoms with Crippen molar-refractivity contribution in [1.82, 2.24) is 9.55 Å². The molecule has 0 fully saturated rings. The lowest BCUT2D eigenvalue weighted by Gasteiger charge is -2.28. The molecular weight excluding hydrogens is 386 g/mol. The molecule has 1 N–H and O–H groups in total. The summed E-state index contributed by atoms with van der Waals surface area (Å²) in [5.41, 5.74) is 3.69. The van der Waals surface area contributed by atoms with E-state index in [9.17, 15) is 0 Å². The third kappa shape index (κ3) is 3.84. The monoisotopic (exact) mass is 415 g/mol. The number of rotatable bonds is 4. The van der Waals surface area contributed by atoms with Crippen LogP contribution in [-0.4, -0.2) is 14.3 Å². The van der Waals surface area contributed by atoms with Gasteiger partial charge in [-0.25, -0.2) is 4.98 Å². The molecule has 3 aromatic carbocycles. The average Bonchev–Trinajstić information content (AvgIpc) is 3.28. The van der Waals surface area contributed by atoms with Crippen molar-refractivity contribution >= 4 is 28.2 Å². The van der Waals surface area contributed by atoms with Crippen LogP contribution in [0.4, 0.5) is 5.69 Å². The highest BCUT2D eigenvalue weighted by molar-refractivity contribution is 8.00. The highest BCUT2D eigenvalue weighted by Gasteiger charge is 2.42. The van der Waals surface area contributed by atoms with Crippen molar-refractivity contribution in [3.8, 4) is 0 Å². The van der Waals surface area contributed by atoms with E-state index < -0.39 is 0 Å². The van der Waals surface area contributed by atoms with Crippen LogP contribution >= 0.6 is 11.8 Å². The van der Waals surface area contributed by atoms with Crippen LogP contribution in [0.25, 0.3) is 10.8 Å². The van der Waals surface area contributed by atoms with Gasteiger partial charge in [0.05, 0.1) is 24.5 Å². The Hall–Kier alpha value is -2.72. The molecule has 0 amide bonds. The number of benzene rings is 3. The highest BCUT2D eigenvalue weighted by atomic mass is 32.2. The summed E-state index contributed by atoms with van der Waals surface area (Å²) in [6.07, 6.45) is 2.02. The molecule has 0 bridgehead atoms. The molecule has 5 rings (SSSR count). The van der Waals surface area contributed by atoms with E-state index in [0.29, 0.717) is 0 Å². The molecule has 1 aliphatic heterocycles. The lowest BCUT2D eigenvalue weighted by atomic mass is 9.95. The zero-order chi connectivity index (χ0) is 21.1. The first kappa shape index (κ1) is 20.5. The van der Waals surface area contributed by atoms with Crippen LogP contribution in [0, 0.1) is 0 Å². The number of hydrogen-bond donors (Lipinski definition) is 1. The van der Waals surface area contributed by atoms with Crippen LogP contribution in [0.1, 0.15) is 45.0 Å². The van der Waals surface area contributed by atoms with Crippen molar-refractivity contribution in [2.45, 2.75) is 50.2 Å². The summed E-state index contributed by atoms with van der Waals surface area (Å²) in [6.45, 7) is 9.38. The fourth-order valence-electron chi connectivity index (χ4n) is 4.14. The lowest BCUT2D eigenvalue weighted by Crippen LogP contribution is -2.27. The Morgan fingerprint density at radius 3 is 2.40 bits per heavy atom. The Morgan fingerprint density at radius 1 is 0.933 bits per heavy atom. The molecule has 30 heavy (non-hydrogen) atoms. The maximum Gasteiger partial charge on any atom is 0.169 e. The fraction of sp³-hybridized carbons (Fsp3) is 0.269. The minimum Gasteiger partial charge on any atom is -0.379 e.